The van der Waals surface area contributed by atoms with Crippen LogP contribution < -0.4 is 4.90 Å². The Labute approximate surface area is 308 Å². The largest absolute Gasteiger partial charge is 0.310 e. The third kappa shape index (κ3) is 4.11. The van der Waals surface area contributed by atoms with Crippen molar-refractivity contribution in [3.05, 3.63) is 185 Å². The Morgan fingerprint density at radius 1 is 0.327 bits per heavy atom. The number of nitrogens with zero attached hydrogens (tertiary/aromatic N) is 1. The van der Waals surface area contributed by atoms with Crippen LogP contribution in [-0.2, 0) is 16.2 Å². The lowest BCUT2D eigenvalue weighted by Crippen LogP contribution is -2.26. The summed E-state index contributed by atoms with van der Waals surface area (Å²) >= 11 is 0. The van der Waals surface area contributed by atoms with Crippen molar-refractivity contribution in [2.45, 2.75) is 57.8 Å². The van der Waals surface area contributed by atoms with Crippen LogP contribution >= 0.6 is 0 Å². The van der Waals surface area contributed by atoms with Crippen LogP contribution in [0.2, 0.25) is 0 Å². The average Bonchev–Trinajstić information content (AvgIpc) is 3.65. The number of anilines is 3. The SMILES string of the molecule is CC1(C)c2ccccc2-c2cc(N(c3ccc(-c4ccccc4)cc3)c3c4c(cc5c3C(C)(C)c3ccccc3-5)-c3ccccc3C4(C)C)ccc21. The molecule has 1 nitrogen and oxygen atoms in total. The van der Waals surface area contributed by atoms with Gasteiger partial charge in [0.1, 0.15) is 0 Å². The topological polar surface area (TPSA) is 3.24 Å². The molecular formula is C51H43N. The Morgan fingerprint density at radius 2 is 0.750 bits per heavy atom. The molecule has 0 amide bonds. The van der Waals surface area contributed by atoms with Crippen molar-refractivity contribution >= 4 is 17.1 Å². The summed E-state index contributed by atoms with van der Waals surface area (Å²) in [5.74, 6) is 0. The van der Waals surface area contributed by atoms with E-state index in [1.807, 2.05) is 0 Å². The van der Waals surface area contributed by atoms with Gasteiger partial charge in [-0.25, -0.2) is 0 Å². The predicted octanol–water partition coefficient (Wildman–Crippen LogP) is 13.7. The molecule has 0 saturated carbocycles. The van der Waals surface area contributed by atoms with Crippen LogP contribution in [0.4, 0.5) is 17.1 Å². The third-order valence-corrected chi connectivity index (χ3v) is 12.6. The molecule has 0 atom stereocenters. The van der Waals surface area contributed by atoms with Crippen LogP contribution in [-0.4, -0.2) is 0 Å². The van der Waals surface area contributed by atoms with E-state index in [0.717, 1.165) is 0 Å². The van der Waals surface area contributed by atoms with Gasteiger partial charge in [-0.3, -0.25) is 0 Å². The first-order valence-corrected chi connectivity index (χ1v) is 18.7. The van der Waals surface area contributed by atoms with Crippen LogP contribution in [0.3, 0.4) is 0 Å². The van der Waals surface area contributed by atoms with Crippen LogP contribution in [0.5, 0.6) is 0 Å². The summed E-state index contributed by atoms with van der Waals surface area (Å²) in [6, 6.07) is 56.9. The number of benzene rings is 7. The molecule has 252 valence electrons. The van der Waals surface area contributed by atoms with E-state index in [1.165, 1.54) is 95.0 Å². The number of hydrogen-bond acceptors (Lipinski definition) is 1. The highest BCUT2D eigenvalue weighted by molar-refractivity contribution is 6.00. The summed E-state index contributed by atoms with van der Waals surface area (Å²) in [4.78, 5) is 2.61. The molecule has 3 aliphatic carbocycles. The van der Waals surface area contributed by atoms with Gasteiger partial charge < -0.3 is 4.90 Å². The maximum Gasteiger partial charge on any atom is 0.0555 e. The fraction of sp³-hybridized carbons (Fsp3) is 0.176. The molecule has 0 unspecified atom stereocenters. The molecule has 1 heteroatoms. The second-order valence-electron chi connectivity index (χ2n) is 16.6. The first-order valence-electron chi connectivity index (χ1n) is 18.7. The summed E-state index contributed by atoms with van der Waals surface area (Å²) in [5.41, 5.74) is 22.1. The highest BCUT2D eigenvalue weighted by Crippen LogP contribution is 2.63. The van der Waals surface area contributed by atoms with Gasteiger partial charge in [0, 0.05) is 27.6 Å². The van der Waals surface area contributed by atoms with Crippen LogP contribution in [0, 0.1) is 0 Å². The minimum Gasteiger partial charge on any atom is -0.310 e. The van der Waals surface area contributed by atoms with Gasteiger partial charge in [-0.15, -0.1) is 0 Å². The van der Waals surface area contributed by atoms with Crippen LogP contribution in [0.1, 0.15) is 74.9 Å². The summed E-state index contributed by atoms with van der Waals surface area (Å²) < 4.78 is 0. The second-order valence-corrected chi connectivity index (χ2v) is 16.6. The number of rotatable bonds is 4. The molecule has 0 N–H and O–H groups in total. The molecule has 0 fully saturated rings. The van der Waals surface area contributed by atoms with Gasteiger partial charge in [0.05, 0.1) is 5.69 Å². The van der Waals surface area contributed by atoms with Gasteiger partial charge in [-0.2, -0.15) is 0 Å². The Morgan fingerprint density at radius 3 is 1.31 bits per heavy atom. The lowest BCUT2D eigenvalue weighted by Gasteiger charge is -2.37. The van der Waals surface area contributed by atoms with Crippen molar-refractivity contribution in [3.63, 3.8) is 0 Å². The molecular weight excluding hydrogens is 627 g/mol. The monoisotopic (exact) mass is 669 g/mol. The summed E-state index contributed by atoms with van der Waals surface area (Å²) in [6.07, 6.45) is 0. The molecule has 0 radical (unpaired) electrons. The Hall–Kier alpha value is -5.66. The molecule has 0 saturated heterocycles. The van der Waals surface area contributed by atoms with E-state index in [2.05, 4.69) is 198 Å². The van der Waals surface area contributed by atoms with E-state index >= 15 is 0 Å². The summed E-state index contributed by atoms with van der Waals surface area (Å²) in [7, 11) is 0. The van der Waals surface area contributed by atoms with Gasteiger partial charge in [-0.1, -0.05) is 163 Å². The third-order valence-electron chi connectivity index (χ3n) is 12.6. The molecule has 0 heterocycles. The van der Waals surface area contributed by atoms with E-state index in [0.29, 0.717) is 0 Å². The summed E-state index contributed by atoms with van der Waals surface area (Å²) in [5, 5.41) is 0. The zero-order valence-corrected chi connectivity index (χ0v) is 30.9. The van der Waals surface area contributed by atoms with Crippen molar-refractivity contribution in [1.82, 2.24) is 0 Å². The molecule has 52 heavy (non-hydrogen) atoms. The van der Waals surface area contributed by atoms with Gasteiger partial charge in [0.25, 0.3) is 0 Å². The maximum atomic E-state index is 2.61. The number of hydrogen-bond donors (Lipinski definition) is 0. The smallest absolute Gasteiger partial charge is 0.0555 e. The average molecular weight is 670 g/mol. The van der Waals surface area contributed by atoms with Crippen LogP contribution in [0.15, 0.2) is 152 Å². The molecule has 7 aromatic rings. The Balaban J connectivity index is 1.31. The lowest BCUT2D eigenvalue weighted by molar-refractivity contribution is 0.640. The quantitative estimate of drug-likeness (QED) is 0.180. The fourth-order valence-electron chi connectivity index (χ4n) is 10.1. The van der Waals surface area contributed by atoms with E-state index in [4.69, 9.17) is 0 Å². The molecule has 0 aliphatic heterocycles. The molecule has 0 spiro atoms. The Kier molecular flexibility index (Phi) is 6.39. The van der Waals surface area contributed by atoms with Crippen LogP contribution in [0.25, 0.3) is 44.5 Å². The van der Waals surface area contributed by atoms with Gasteiger partial charge in [0.15, 0.2) is 0 Å². The normalized spacial score (nSPS) is 16.0. The summed E-state index contributed by atoms with van der Waals surface area (Å²) in [6.45, 7) is 14.5. The van der Waals surface area contributed by atoms with Gasteiger partial charge in [-0.05, 0) is 108 Å². The highest BCUT2D eigenvalue weighted by Gasteiger charge is 2.47. The minimum atomic E-state index is -0.214. The van der Waals surface area contributed by atoms with E-state index in [-0.39, 0.29) is 16.2 Å². The molecule has 0 bridgehead atoms. The first-order chi connectivity index (χ1) is 25.1. The molecule has 7 aromatic carbocycles. The zero-order chi connectivity index (χ0) is 35.6. The number of fused-ring (bicyclic) bond motifs is 9. The van der Waals surface area contributed by atoms with Crippen molar-refractivity contribution < 1.29 is 0 Å². The minimum absolute atomic E-state index is 0.0604. The Bertz CT molecular complexity index is 2500. The van der Waals surface area contributed by atoms with Crippen molar-refractivity contribution in [3.8, 4) is 44.5 Å². The zero-order valence-electron chi connectivity index (χ0n) is 30.9. The van der Waals surface area contributed by atoms with Crippen molar-refractivity contribution in [1.29, 1.82) is 0 Å². The standard InChI is InChI=1S/C51H43N/c1-49(2)42-21-13-10-18-36(42)39-30-35(28-29-45(39)49)52(34-26-24-33(25-27-34)32-16-8-7-9-17-32)48-46-40(37-19-11-14-22-43(37)50(46,3)4)31-41-38-20-12-15-23-44(38)51(5,6)47(41)48/h7-31H,1-6H3. The maximum absolute atomic E-state index is 2.61. The van der Waals surface area contributed by atoms with Crippen molar-refractivity contribution in [2.24, 2.45) is 0 Å². The fourth-order valence-corrected chi connectivity index (χ4v) is 10.1. The molecule has 3 aliphatic rings. The second kappa shape index (κ2) is 10.7. The van der Waals surface area contributed by atoms with E-state index < -0.39 is 0 Å². The first kappa shape index (κ1) is 31.1. The predicted molar refractivity (Wildman–Crippen MR) is 219 cm³/mol. The molecule has 0 aromatic heterocycles. The lowest BCUT2D eigenvalue weighted by atomic mass is 9.75. The van der Waals surface area contributed by atoms with E-state index in [1.54, 1.807) is 0 Å². The van der Waals surface area contributed by atoms with E-state index in [9.17, 15) is 0 Å². The van der Waals surface area contributed by atoms with Crippen molar-refractivity contribution in [2.75, 3.05) is 4.90 Å². The highest BCUT2D eigenvalue weighted by atomic mass is 15.2. The van der Waals surface area contributed by atoms with Gasteiger partial charge in [0.2, 0.25) is 0 Å². The molecule has 10 rings (SSSR count). The van der Waals surface area contributed by atoms with Gasteiger partial charge >= 0.3 is 0 Å².